The summed E-state index contributed by atoms with van der Waals surface area (Å²) in [6, 6.07) is 11.4. The van der Waals surface area contributed by atoms with Crippen molar-refractivity contribution >= 4 is 0 Å². The zero-order valence-electron chi connectivity index (χ0n) is 11.4. The smallest absolute Gasteiger partial charge is 0.0506 e. The molecule has 0 saturated carbocycles. The van der Waals surface area contributed by atoms with Crippen molar-refractivity contribution in [1.29, 1.82) is 0 Å². The first-order valence-electron chi connectivity index (χ1n) is 7.21. The molecule has 0 aliphatic carbocycles. The topological polar surface area (TPSA) is 21.3 Å². The van der Waals surface area contributed by atoms with Crippen LogP contribution in [0, 0.1) is 5.92 Å². The van der Waals surface area contributed by atoms with E-state index >= 15 is 0 Å². The second-order valence-corrected chi connectivity index (χ2v) is 5.34. The third-order valence-electron chi connectivity index (χ3n) is 3.78. The molecule has 1 aromatic rings. The number of benzene rings is 1. The van der Waals surface area contributed by atoms with Crippen LogP contribution < -0.4 is 5.32 Å². The number of rotatable bonds is 6. The molecule has 1 aliphatic heterocycles. The highest BCUT2D eigenvalue weighted by molar-refractivity contribution is 5.14. The zero-order chi connectivity index (χ0) is 12.6. The van der Waals surface area contributed by atoms with Crippen molar-refractivity contribution in [3.05, 3.63) is 35.9 Å². The molecule has 2 nitrogen and oxygen atoms in total. The van der Waals surface area contributed by atoms with Crippen LogP contribution in [0.1, 0.15) is 31.7 Å². The molecular weight excluding hydrogens is 222 g/mol. The lowest BCUT2D eigenvalue weighted by Gasteiger charge is -2.29. The normalized spacial score (nSPS) is 24.1. The molecule has 1 aromatic carbocycles. The van der Waals surface area contributed by atoms with Crippen molar-refractivity contribution < 1.29 is 4.74 Å². The van der Waals surface area contributed by atoms with Crippen LogP contribution in [0.3, 0.4) is 0 Å². The zero-order valence-corrected chi connectivity index (χ0v) is 11.4. The molecule has 1 heterocycles. The van der Waals surface area contributed by atoms with Crippen molar-refractivity contribution in [3.63, 3.8) is 0 Å². The van der Waals surface area contributed by atoms with E-state index in [1.807, 2.05) is 0 Å². The third kappa shape index (κ3) is 4.43. The Morgan fingerprint density at radius 3 is 2.83 bits per heavy atom. The van der Waals surface area contributed by atoms with E-state index in [1.165, 1.54) is 31.2 Å². The second kappa shape index (κ2) is 7.55. The van der Waals surface area contributed by atoms with E-state index in [0.717, 1.165) is 19.8 Å². The van der Waals surface area contributed by atoms with Crippen LogP contribution >= 0.6 is 0 Å². The SMILES string of the molecule is CC1COCCC1NCCCCc1ccccc1. The van der Waals surface area contributed by atoms with Gasteiger partial charge in [-0.3, -0.25) is 0 Å². The molecular formula is C16H25NO. The summed E-state index contributed by atoms with van der Waals surface area (Å²) in [5.41, 5.74) is 1.46. The Morgan fingerprint density at radius 1 is 1.22 bits per heavy atom. The summed E-state index contributed by atoms with van der Waals surface area (Å²) in [5, 5.41) is 3.68. The largest absolute Gasteiger partial charge is 0.381 e. The van der Waals surface area contributed by atoms with Crippen LogP contribution in [0.25, 0.3) is 0 Å². The van der Waals surface area contributed by atoms with Gasteiger partial charge in [0.15, 0.2) is 0 Å². The van der Waals surface area contributed by atoms with Gasteiger partial charge < -0.3 is 10.1 Å². The van der Waals surface area contributed by atoms with Crippen molar-refractivity contribution in [2.75, 3.05) is 19.8 Å². The van der Waals surface area contributed by atoms with E-state index in [4.69, 9.17) is 4.74 Å². The number of ether oxygens (including phenoxy) is 1. The average molecular weight is 247 g/mol. The standard InChI is InChI=1S/C16H25NO/c1-14-13-18-12-10-16(14)17-11-6-5-9-15-7-3-2-4-8-15/h2-4,7-8,14,16-17H,5-6,9-13H2,1H3. The fraction of sp³-hybridized carbons (Fsp3) is 0.625. The summed E-state index contributed by atoms with van der Waals surface area (Å²) in [5.74, 6) is 0.660. The van der Waals surface area contributed by atoms with E-state index < -0.39 is 0 Å². The molecule has 1 aliphatic rings. The van der Waals surface area contributed by atoms with E-state index in [0.29, 0.717) is 12.0 Å². The molecule has 2 heteroatoms. The fourth-order valence-corrected chi connectivity index (χ4v) is 2.57. The van der Waals surface area contributed by atoms with Gasteiger partial charge in [-0.2, -0.15) is 0 Å². The Hall–Kier alpha value is -0.860. The van der Waals surface area contributed by atoms with Gasteiger partial charge in [0.1, 0.15) is 0 Å². The van der Waals surface area contributed by atoms with Crippen LogP contribution in [-0.2, 0) is 11.2 Å². The van der Waals surface area contributed by atoms with Crippen LogP contribution in [-0.4, -0.2) is 25.8 Å². The van der Waals surface area contributed by atoms with Gasteiger partial charge in [0.2, 0.25) is 0 Å². The minimum Gasteiger partial charge on any atom is -0.381 e. The summed E-state index contributed by atoms with van der Waals surface area (Å²) >= 11 is 0. The summed E-state index contributed by atoms with van der Waals surface area (Å²) in [4.78, 5) is 0. The first kappa shape index (κ1) is 13.6. The Labute approximate surface area is 111 Å². The van der Waals surface area contributed by atoms with Gasteiger partial charge in [0, 0.05) is 12.6 Å². The number of nitrogens with one attached hydrogen (secondary N) is 1. The highest BCUT2D eigenvalue weighted by atomic mass is 16.5. The fourth-order valence-electron chi connectivity index (χ4n) is 2.57. The van der Waals surface area contributed by atoms with Gasteiger partial charge in [-0.1, -0.05) is 37.3 Å². The Morgan fingerprint density at radius 2 is 2.06 bits per heavy atom. The van der Waals surface area contributed by atoms with Gasteiger partial charge in [-0.15, -0.1) is 0 Å². The van der Waals surface area contributed by atoms with E-state index in [9.17, 15) is 0 Å². The number of hydrogen-bond acceptors (Lipinski definition) is 2. The number of unbranched alkanes of at least 4 members (excludes halogenated alkanes) is 1. The second-order valence-electron chi connectivity index (χ2n) is 5.34. The molecule has 2 atom stereocenters. The maximum Gasteiger partial charge on any atom is 0.0506 e. The van der Waals surface area contributed by atoms with Crippen LogP contribution in [0.5, 0.6) is 0 Å². The number of aryl methyl sites for hydroxylation is 1. The van der Waals surface area contributed by atoms with Crippen molar-refractivity contribution in [1.82, 2.24) is 5.32 Å². The van der Waals surface area contributed by atoms with Crippen molar-refractivity contribution in [2.45, 2.75) is 38.6 Å². The Kier molecular flexibility index (Phi) is 5.69. The van der Waals surface area contributed by atoms with Gasteiger partial charge in [0.05, 0.1) is 6.61 Å². The van der Waals surface area contributed by atoms with Gasteiger partial charge >= 0.3 is 0 Å². The Balaban J connectivity index is 1.56. The molecule has 0 spiro atoms. The lowest BCUT2D eigenvalue weighted by atomic mass is 9.97. The molecule has 0 amide bonds. The lowest BCUT2D eigenvalue weighted by Crippen LogP contribution is -2.41. The summed E-state index contributed by atoms with van der Waals surface area (Å²) in [6.45, 7) is 5.26. The van der Waals surface area contributed by atoms with Gasteiger partial charge in [0.25, 0.3) is 0 Å². The summed E-state index contributed by atoms with van der Waals surface area (Å²) in [6.07, 6.45) is 4.90. The van der Waals surface area contributed by atoms with E-state index in [1.54, 1.807) is 0 Å². The highest BCUT2D eigenvalue weighted by Gasteiger charge is 2.20. The first-order valence-corrected chi connectivity index (χ1v) is 7.21. The molecule has 0 bridgehead atoms. The summed E-state index contributed by atoms with van der Waals surface area (Å²) in [7, 11) is 0. The van der Waals surface area contributed by atoms with E-state index in [2.05, 4.69) is 42.6 Å². The predicted molar refractivity (Wildman–Crippen MR) is 75.8 cm³/mol. The van der Waals surface area contributed by atoms with Crippen LogP contribution in [0.4, 0.5) is 0 Å². The van der Waals surface area contributed by atoms with Crippen LogP contribution in [0.15, 0.2) is 30.3 Å². The lowest BCUT2D eigenvalue weighted by molar-refractivity contribution is 0.0391. The highest BCUT2D eigenvalue weighted by Crippen LogP contribution is 2.13. The van der Waals surface area contributed by atoms with Crippen molar-refractivity contribution in [3.8, 4) is 0 Å². The molecule has 18 heavy (non-hydrogen) atoms. The molecule has 2 unspecified atom stereocenters. The third-order valence-corrected chi connectivity index (χ3v) is 3.78. The quantitative estimate of drug-likeness (QED) is 0.780. The first-order chi connectivity index (χ1) is 8.86. The molecule has 2 rings (SSSR count). The van der Waals surface area contributed by atoms with Gasteiger partial charge in [-0.05, 0) is 43.7 Å². The average Bonchev–Trinajstić information content (AvgIpc) is 2.42. The molecule has 0 aromatic heterocycles. The van der Waals surface area contributed by atoms with Crippen molar-refractivity contribution in [2.24, 2.45) is 5.92 Å². The monoisotopic (exact) mass is 247 g/mol. The predicted octanol–water partition coefficient (Wildman–Crippen LogP) is 3.02. The van der Waals surface area contributed by atoms with E-state index in [-0.39, 0.29) is 0 Å². The Bertz CT molecular complexity index is 325. The minimum absolute atomic E-state index is 0.660. The molecule has 1 saturated heterocycles. The van der Waals surface area contributed by atoms with Gasteiger partial charge in [-0.25, -0.2) is 0 Å². The molecule has 1 N–H and O–H groups in total. The molecule has 1 fully saturated rings. The molecule has 0 radical (unpaired) electrons. The molecule has 100 valence electrons. The summed E-state index contributed by atoms with van der Waals surface area (Å²) < 4.78 is 5.46. The number of hydrogen-bond donors (Lipinski definition) is 1. The maximum absolute atomic E-state index is 5.46. The maximum atomic E-state index is 5.46. The van der Waals surface area contributed by atoms with Crippen LogP contribution in [0.2, 0.25) is 0 Å². The minimum atomic E-state index is 0.660.